The molecule has 0 bridgehead atoms. The summed E-state index contributed by atoms with van der Waals surface area (Å²) < 4.78 is 7.37. The second kappa shape index (κ2) is 11.4. The monoisotopic (exact) mass is 436 g/mol. The number of nitrogens with zero attached hydrogens (tertiary/aromatic N) is 5. The van der Waals surface area contributed by atoms with Crippen LogP contribution in [-0.4, -0.2) is 99.8 Å². The fourth-order valence-corrected chi connectivity index (χ4v) is 4.29. The van der Waals surface area contributed by atoms with E-state index < -0.39 is 0 Å². The van der Waals surface area contributed by atoms with Crippen molar-refractivity contribution >= 4 is 11.8 Å². The summed E-state index contributed by atoms with van der Waals surface area (Å²) in [6.07, 6.45) is 4.73. The second-order valence-electron chi connectivity index (χ2n) is 8.47. The summed E-state index contributed by atoms with van der Waals surface area (Å²) in [6, 6.07) is 0. The summed E-state index contributed by atoms with van der Waals surface area (Å²) in [5.41, 5.74) is -0.377. The molecule has 174 valence electrons. The molecule has 0 radical (unpaired) electrons. The average Bonchev–Trinajstić information content (AvgIpc) is 3.42. The molecule has 2 fully saturated rings. The quantitative estimate of drug-likeness (QED) is 0.560. The second-order valence-corrected chi connectivity index (χ2v) is 8.47. The number of carbonyl (C=O) groups excluding carboxylic acids is 2. The molecule has 1 aromatic rings. The minimum atomic E-state index is -0.377. The van der Waals surface area contributed by atoms with Crippen molar-refractivity contribution in [1.82, 2.24) is 29.5 Å². The van der Waals surface area contributed by atoms with Crippen LogP contribution < -0.4 is 5.69 Å². The highest BCUT2D eigenvalue weighted by atomic mass is 16.5. The summed E-state index contributed by atoms with van der Waals surface area (Å²) in [4.78, 5) is 42.3. The molecule has 10 heteroatoms. The van der Waals surface area contributed by atoms with Gasteiger partial charge >= 0.3 is 5.69 Å². The third kappa shape index (κ3) is 6.64. The largest absolute Gasteiger partial charge is 0.376 e. The van der Waals surface area contributed by atoms with Gasteiger partial charge in [-0.3, -0.25) is 14.2 Å². The molecule has 3 heterocycles. The Balaban J connectivity index is 1.32. The molecule has 0 unspecified atom stereocenters. The van der Waals surface area contributed by atoms with E-state index in [9.17, 15) is 14.4 Å². The molecule has 0 aromatic carbocycles. The lowest BCUT2D eigenvalue weighted by atomic mass is 9.97. The van der Waals surface area contributed by atoms with Crippen molar-refractivity contribution in [2.75, 3.05) is 52.4 Å². The Morgan fingerprint density at radius 2 is 1.84 bits per heavy atom. The lowest BCUT2D eigenvalue weighted by Gasteiger charge is -2.33. The Bertz CT molecular complexity index is 766. The van der Waals surface area contributed by atoms with E-state index in [2.05, 4.69) is 28.9 Å². The SMILES string of the molecule is CCN(CC)CCC(=O)N1CCC(CO[C@@H]2CCN(C(=O)Cn3cn[nH]c3=O)C2)CC1. The van der Waals surface area contributed by atoms with E-state index in [1.54, 1.807) is 4.90 Å². The number of nitrogens with one attached hydrogen (secondary N) is 1. The maximum Gasteiger partial charge on any atom is 0.343 e. The molecule has 0 spiro atoms. The lowest BCUT2D eigenvalue weighted by Crippen LogP contribution is -2.41. The standard InChI is InChI=1S/C21H36N6O4/c1-3-24(4-2)9-8-19(28)25-10-5-17(6-11-25)15-31-18-7-12-26(13-18)20(29)14-27-16-22-23-21(27)30/h16-18H,3-15H2,1-2H3,(H,23,30)/t18-/m1/s1. The van der Waals surface area contributed by atoms with Crippen molar-refractivity contribution < 1.29 is 14.3 Å². The topological polar surface area (TPSA) is 104 Å². The lowest BCUT2D eigenvalue weighted by molar-refractivity contribution is -0.133. The van der Waals surface area contributed by atoms with Crippen LogP contribution in [0.2, 0.25) is 0 Å². The molecule has 2 aliphatic heterocycles. The molecule has 1 atom stereocenters. The third-order valence-corrected chi connectivity index (χ3v) is 6.49. The number of piperidine rings is 1. The first-order valence-electron chi connectivity index (χ1n) is 11.5. The van der Waals surface area contributed by atoms with Gasteiger partial charge in [0, 0.05) is 45.8 Å². The molecule has 0 saturated carbocycles. The molecule has 2 amide bonds. The minimum Gasteiger partial charge on any atom is -0.376 e. The van der Waals surface area contributed by atoms with Crippen molar-refractivity contribution in [2.24, 2.45) is 5.92 Å². The fraction of sp³-hybridized carbons (Fsp3) is 0.810. The zero-order chi connectivity index (χ0) is 22.2. The molecular formula is C21H36N6O4. The molecule has 2 aliphatic rings. The van der Waals surface area contributed by atoms with Crippen LogP contribution in [-0.2, 0) is 20.9 Å². The van der Waals surface area contributed by atoms with Gasteiger partial charge in [-0.1, -0.05) is 13.8 Å². The van der Waals surface area contributed by atoms with Gasteiger partial charge < -0.3 is 19.4 Å². The van der Waals surface area contributed by atoms with Gasteiger partial charge in [0.2, 0.25) is 11.8 Å². The summed E-state index contributed by atoms with van der Waals surface area (Å²) in [6.45, 7) is 10.5. The smallest absolute Gasteiger partial charge is 0.343 e. The number of hydrogen-bond acceptors (Lipinski definition) is 6. The minimum absolute atomic E-state index is 0.00279. The molecule has 1 aromatic heterocycles. The Morgan fingerprint density at radius 3 is 2.48 bits per heavy atom. The van der Waals surface area contributed by atoms with E-state index in [1.165, 1.54) is 10.9 Å². The van der Waals surface area contributed by atoms with Crippen LogP contribution in [0.1, 0.15) is 39.5 Å². The summed E-state index contributed by atoms with van der Waals surface area (Å²) >= 11 is 0. The maximum absolute atomic E-state index is 12.4. The van der Waals surface area contributed by atoms with Crippen molar-refractivity contribution in [3.05, 3.63) is 16.8 Å². The highest BCUT2D eigenvalue weighted by Crippen LogP contribution is 2.21. The van der Waals surface area contributed by atoms with Crippen molar-refractivity contribution in [3.63, 3.8) is 0 Å². The Hall–Kier alpha value is -2.20. The number of amides is 2. The van der Waals surface area contributed by atoms with E-state index >= 15 is 0 Å². The van der Waals surface area contributed by atoms with Crippen LogP contribution in [0.5, 0.6) is 0 Å². The number of aromatic amines is 1. The predicted molar refractivity (Wildman–Crippen MR) is 115 cm³/mol. The van der Waals surface area contributed by atoms with Gasteiger partial charge in [-0.2, -0.15) is 5.10 Å². The summed E-state index contributed by atoms with van der Waals surface area (Å²) in [7, 11) is 0. The number of aromatic nitrogens is 3. The average molecular weight is 437 g/mol. The van der Waals surface area contributed by atoms with E-state index in [-0.39, 0.29) is 30.2 Å². The zero-order valence-corrected chi connectivity index (χ0v) is 18.8. The van der Waals surface area contributed by atoms with E-state index in [4.69, 9.17) is 4.74 Å². The van der Waals surface area contributed by atoms with Gasteiger partial charge in [0.15, 0.2) is 0 Å². The van der Waals surface area contributed by atoms with Crippen LogP contribution in [0.3, 0.4) is 0 Å². The molecule has 2 saturated heterocycles. The van der Waals surface area contributed by atoms with E-state index in [1.807, 2.05) is 4.90 Å². The van der Waals surface area contributed by atoms with Gasteiger partial charge in [-0.25, -0.2) is 9.89 Å². The first-order valence-corrected chi connectivity index (χ1v) is 11.5. The molecule has 10 nitrogen and oxygen atoms in total. The number of carbonyl (C=O) groups is 2. The first kappa shape index (κ1) is 23.5. The van der Waals surface area contributed by atoms with Crippen LogP contribution >= 0.6 is 0 Å². The molecular weight excluding hydrogens is 400 g/mol. The van der Waals surface area contributed by atoms with Crippen LogP contribution in [0, 0.1) is 5.92 Å². The first-order chi connectivity index (χ1) is 15.0. The maximum atomic E-state index is 12.4. The van der Waals surface area contributed by atoms with E-state index in [0.29, 0.717) is 32.0 Å². The Labute approximate surface area is 183 Å². The zero-order valence-electron chi connectivity index (χ0n) is 18.8. The Morgan fingerprint density at radius 1 is 1.13 bits per heavy atom. The van der Waals surface area contributed by atoms with Gasteiger partial charge in [0.1, 0.15) is 12.9 Å². The van der Waals surface area contributed by atoms with Crippen LogP contribution in [0.25, 0.3) is 0 Å². The molecule has 3 rings (SSSR count). The van der Waals surface area contributed by atoms with E-state index in [0.717, 1.165) is 52.0 Å². The number of hydrogen-bond donors (Lipinski definition) is 1. The van der Waals surface area contributed by atoms with Gasteiger partial charge in [-0.05, 0) is 38.3 Å². The van der Waals surface area contributed by atoms with Gasteiger partial charge in [0.25, 0.3) is 0 Å². The number of ether oxygens (including phenoxy) is 1. The van der Waals surface area contributed by atoms with Gasteiger partial charge in [0.05, 0.1) is 6.10 Å². The number of likely N-dealkylation sites (tertiary alicyclic amines) is 2. The molecule has 31 heavy (non-hydrogen) atoms. The van der Waals surface area contributed by atoms with Crippen molar-refractivity contribution in [1.29, 1.82) is 0 Å². The third-order valence-electron chi connectivity index (χ3n) is 6.49. The van der Waals surface area contributed by atoms with Gasteiger partial charge in [-0.15, -0.1) is 0 Å². The number of rotatable bonds is 10. The Kier molecular flexibility index (Phi) is 8.65. The summed E-state index contributed by atoms with van der Waals surface area (Å²) in [5.74, 6) is 0.625. The predicted octanol–water partition coefficient (Wildman–Crippen LogP) is 0.159. The van der Waals surface area contributed by atoms with Crippen LogP contribution in [0.15, 0.2) is 11.1 Å². The van der Waals surface area contributed by atoms with Crippen molar-refractivity contribution in [3.8, 4) is 0 Å². The normalized spacial score (nSPS) is 20.0. The highest BCUT2D eigenvalue weighted by molar-refractivity contribution is 5.76. The molecule has 1 N–H and O–H groups in total. The highest BCUT2D eigenvalue weighted by Gasteiger charge is 2.29. The van der Waals surface area contributed by atoms with Crippen molar-refractivity contribution in [2.45, 2.75) is 52.2 Å². The molecule has 0 aliphatic carbocycles. The fourth-order valence-electron chi connectivity index (χ4n) is 4.29. The van der Waals surface area contributed by atoms with Crippen LogP contribution in [0.4, 0.5) is 0 Å². The summed E-state index contributed by atoms with van der Waals surface area (Å²) in [5, 5.41) is 5.94. The number of H-pyrrole nitrogens is 1.